The molecule has 0 N–H and O–H groups in total. The quantitative estimate of drug-likeness (QED) is 0.582. The maximum atomic E-state index is 13.4. The molecule has 4 rings (SSSR count). The summed E-state index contributed by atoms with van der Waals surface area (Å²) in [5.41, 5.74) is 0.0372. The van der Waals surface area contributed by atoms with Crippen LogP contribution in [0.4, 0.5) is 0 Å². The van der Waals surface area contributed by atoms with Crippen molar-refractivity contribution in [2.75, 3.05) is 0 Å². The van der Waals surface area contributed by atoms with Crippen molar-refractivity contribution in [3.8, 4) is 0 Å². The molecule has 2 aliphatic heterocycles. The van der Waals surface area contributed by atoms with Crippen molar-refractivity contribution in [3.63, 3.8) is 0 Å². The molecule has 4 atom stereocenters. The van der Waals surface area contributed by atoms with E-state index in [2.05, 4.69) is 0 Å². The molecule has 2 bridgehead atoms. The van der Waals surface area contributed by atoms with Crippen molar-refractivity contribution in [2.45, 2.75) is 25.0 Å². The minimum Gasteiger partial charge on any atom is -0.362 e. The van der Waals surface area contributed by atoms with Crippen LogP contribution in [0, 0.1) is 11.8 Å². The lowest BCUT2D eigenvalue weighted by atomic mass is 9.68. The summed E-state index contributed by atoms with van der Waals surface area (Å²) in [7, 11) is 0. The molecule has 0 aliphatic carbocycles. The first kappa shape index (κ1) is 17.6. The Balaban J connectivity index is 1.78. The summed E-state index contributed by atoms with van der Waals surface area (Å²) in [6.07, 6.45) is 3.22. The summed E-state index contributed by atoms with van der Waals surface area (Å²) in [5.74, 6) is -1.70. The maximum Gasteiger partial charge on any atom is 0.170 e. The molecule has 1 fully saturated rings. The predicted octanol–water partition coefficient (Wildman–Crippen LogP) is 3.67. The molecule has 4 nitrogen and oxygen atoms in total. The summed E-state index contributed by atoms with van der Waals surface area (Å²) >= 11 is 0. The Labute approximate surface area is 157 Å². The number of carbonyl (C=O) groups is 3. The second-order valence-corrected chi connectivity index (χ2v) is 7.24. The van der Waals surface area contributed by atoms with E-state index in [-0.39, 0.29) is 23.8 Å². The molecular weight excluding hydrogens is 340 g/mol. The predicted molar refractivity (Wildman–Crippen MR) is 101 cm³/mol. The Morgan fingerprint density at radius 1 is 0.889 bits per heavy atom. The molecule has 1 saturated heterocycles. The van der Waals surface area contributed by atoms with E-state index in [1.807, 2.05) is 18.2 Å². The van der Waals surface area contributed by atoms with Gasteiger partial charge in [-0.1, -0.05) is 72.8 Å². The van der Waals surface area contributed by atoms with Crippen molar-refractivity contribution in [2.24, 2.45) is 11.8 Å². The molecule has 2 heterocycles. The zero-order chi connectivity index (χ0) is 19.0. The first-order valence-corrected chi connectivity index (χ1v) is 9.07. The number of rotatable bonds is 6. The first-order valence-electron chi connectivity index (χ1n) is 9.07. The molecule has 0 unspecified atom stereocenters. The van der Waals surface area contributed by atoms with Crippen LogP contribution in [0.1, 0.15) is 34.1 Å². The van der Waals surface area contributed by atoms with Crippen LogP contribution < -0.4 is 0 Å². The smallest absolute Gasteiger partial charge is 0.170 e. The van der Waals surface area contributed by atoms with Crippen LogP contribution in [0.25, 0.3) is 0 Å². The van der Waals surface area contributed by atoms with Gasteiger partial charge in [-0.15, -0.1) is 0 Å². The van der Waals surface area contributed by atoms with Gasteiger partial charge in [-0.25, -0.2) is 0 Å². The minimum absolute atomic E-state index is 0.0704. The van der Waals surface area contributed by atoms with Gasteiger partial charge < -0.3 is 4.74 Å². The lowest BCUT2D eigenvalue weighted by molar-refractivity contribution is -0.121. The standard InChI is InChI=1S/C23H20O4/c1-15(24)14-23-13-12-18(27-23)19(21(25)16-8-4-2-5-9-16)20(23)22(26)17-10-6-3-7-11-17/h2-13,18-20H,14H2,1H3/t18-,19+,20-,23+/m0/s1. The monoisotopic (exact) mass is 360 g/mol. The van der Waals surface area contributed by atoms with Crippen molar-refractivity contribution in [1.29, 1.82) is 0 Å². The van der Waals surface area contributed by atoms with Gasteiger partial charge in [0.05, 0.1) is 17.9 Å². The molecule has 0 aromatic heterocycles. The average molecular weight is 360 g/mol. The summed E-state index contributed by atoms with van der Waals surface area (Å²) < 4.78 is 6.11. The molecule has 2 aromatic rings. The number of ketones is 3. The Bertz CT molecular complexity index is 916. The van der Waals surface area contributed by atoms with Crippen LogP contribution in [0.2, 0.25) is 0 Å². The number of benzene rings is 2. The van der Waals surface area contributed by atoms with Crippen molar-refractivity contribution in [3.05, 3.63) is 83.9 Å². The molecular formula is C23H20O4. The number of hydrogen-bond acceptors (Lipinski definition) is 4. The lowest BCUT2D eigenvalue weighted by Gasteiger charge is -2.31. The van der Waals surface area contributed by atoms with Gasteiger partial charge in [0, 0.05) is 17.5 Å². The van der Waals surface area contributed by atoms with Crippen LogP contribution in [0.5, 0.6) is 0 Å². The molecule has 4 heteroatoms. The summed E-state index contributed by atoms with van der Waals surface area (Å²) in [6, 6.07) is 17.9. The Kier molecular flexibility index (Phi) is 4.36. The molecule has 0 amide bonds. The minimum atomic E-state index is -1.04. The third-order valence-electron chi connectivity index (χ3n) is 5.39. The normalized spacial score (nSPS) is 28.3. The Morgan fingerprint density at radius 2 is 1.44 bits per heavy atom. The maximum absolute atomic E-state index is 13.4. The van der Waals surface area contributed by atoms with Crippen LogP contribution in [-0.4, -0.2) is 29.1 Å². The number of fused-ring (bicyclic) bond motifs is 2. The third-order valence-corrected chi connectivity index (χ3v) is 5.39. The van der Waals surface area contributed by atoms with Crippen LogP contribution in [0.15, 0.2) is 72.8 Å². The van der Waals surface area contributed by atoms with Gasteiger partial charge in [0.2, 0.25) is 0 Å². The van der Waals surface area contributed by atoms with E-state index in [4.69, 9.17) is 4.74 Å². The Morgan fingerprint density at radius 3 is 2.00 bits per heavy atom. The second-order valence-electron chi connectivity index (χ2n) is 7.24. The van der Waals surface area contributed by atoms with Gasteiger partial charge in [-0.3, -0.25) is 14.4 Å². The van der Waals surface area contributed by atoms with E-state index in [9.17, 15) is 14.4 Å². The van der Waals surface area contributed by atoms with E-state index in [0.717, 1.165) is 0 Å². The molecule has 2 aliphatic rings. The summed E-state index contributed by atoms with van der Waals surface area (Å²) in [4.78, 5) is 38.6. The largest absolute Gasteiger partial charge is 0.362 e. The summed E-state index contributed by atoms with van der Waals surface area (Å²) in [6.45, 7) is 1.48. The number of hydrogen-bond donors (Lipinski definition) is 0. The molecule has 0 spiro atoms. The highest BCUT2D eigenvalue weighted by Crippen LogP contribution is 2.51. The molecule has 0 saturated carbocycles. The third kappa shape index (κ3) is 2.96. The number of Topliss-reactive ketones (excluding diaryl/α,β-unsaturated/α-hetero) is 3. The topological polar surface area (TPSA) is 60.4 Å². The second kappa shape index (κ2) is 6.71. The van der Waals surface area contributed by atoms with Gasteiger partial charge in [0.25, 0.3) is 0 Å². The fourth-order valence-corrected chi connectivity index (χ4v) is 4.32. The highest BCUT2D eigenvalue weighted by atomic mass is 16.5. The van der Waals surface area contributed by atoms with Crippen molar-refractivity contribution in [1.82, 2.24) is 0 Å². The Hall–Kier alpha value is -2.85. The molecule has 27 heavy (non-hydrogen) atoms. The summed E-state index contributed by atoms with van der Waals surface area (Å²) in [5, 5.41) is 0. The highest BCUT2D eigenvalue weighted by Gasteiger charge is 2.61. The fourth-order valence-electron chi connectivity index (χ4n) is 4.32. The van der Waals surface area contributed by atoms with Gasteiger partial charge >= 0.3 is 0 Å². The zero-order valence-corrected chi connectivity index (χ0v) is 15.0. The van der Waals surface area contributed by atoms with Crippen molar-refractivity contribution >= 4 is 17.3 Å². The van der Waals surface area contributed by atoms with E-state index >= 15 is 0 Å². The molecule has 2 aromatic carbocycles. The number of ether oxygens (including phenoxy) is 1. The van der Waals surface area contributed by atoms with E-state index in [1.54, 1.807) is 54.6 Å². The van der Waals surface area contributed by atoms with Crippen LogP contribution in [0.3, 0.4) is 0 Å². The van der Waals surface area contributed by atoms with Gasteiger partial charge in [-0.2, -0.15) is 0 Å². The van der Waals surface area contributed by atoms with Gasteiger partial charge in [0.1, 0.15) is 11.4 Å². The van der Waals surface area contributed by atoms with Crippen LogP contribution in [-0.2, 0) is 9.53 Å². The average Bonchev–Trinajstić information content (AvgIpc) is 3.23. The molecule has 136 valence electrons. The lowest BCUT2D eigenvalue weighted by Crippen LogP contribution is -2.44. The molecule has 0 radical (unpaired) electrons. The SMILES string of the molecule is CC(=O)C[C@@]12C=C[C@H](O1)[C@@H](C(=O)c1ccccc1)[C@H]2C(=O)c1ccccc1. The van der Waals surface area contributed by atoms with Crippen LogP contribution >= 0.6 is 0 Å². The van der Waals surface area contributed by atoms with E-state index < -0.39 is 23.5 Å². The number of carbonyl (C=O) groups excluding carboxylic acids is 3. The fraction of sp³-hybridized carbons (Fsp3) is 0.261. The highest BCUT2D eigenvalue weighted by molar-refractivity contribution is 6.07. The van der Waals surface area contributed by atoms with Crippen molar-refractivity contribution < 1.29 is 19.1 Å². The van der Waals surface area contributed by atoms with Gasteiger partial charge in [-0.05, 0) is 6.92 Å². The zero-order valence-electron chi connectivity index (χ0n) is 15.0. The van der Waals surface area contributed by atoms with E-state index in [1.165, 1.54) is 6.92 Å². The van der Waals surface area contributed by atoms with E-state index in [0.29, 0.717) is 11.1 Å². The van der Waals surface area contributed by atoms with Gasteiger partial charge in [0.15, 0.2) is 11.6 Å². The first-order chi connectivity index (χ1) is 13.0.